The summed E-state index contributed by atoms with van der Waals surface area (Å²) in [5, 5.41) is 12.5. The molecule has 1 aromatic rings. The molecule has 2 heterocycles. The fourth-order valence-corrected chi connectivity index (χ4v) is 6.31. The van der Waals surface area contributed by atoms with E-state index in [0.29, 0.717) is 24.8 Å². The average molecular weight is 417 g/mol. The van der Waals surface area contributed by atoms with Crippen LogP contribution in [-0.2, 0) is 22.4 Å². The van der Waals surface area contributed by atoms with E-state index in [-0.39, 0.29) is 29.6 Å². The third-order valence-electron chi connectivity index (χ3n) is 6.81. The van der Waals surface area contributed by atoms with Gasteiger partial charge in [0.25, 0.3) is 0 Å². The van der Waals surface area contributed by atoms with Crippen molar-refractivity contribution >= 4 is 23.5 Å². The van der Waals surface area contributed by atoms with Crippen LogP contribution in [0.15, 0.2) is 24.3 Å². The van der Waals surface area contributed by atoms with Crippen molar-refractivity contribution in [3.8, 4) is 0 Å². The summed E-state index contributed by atoms with van der Waals surface area (Å²) in [5.74, 6) is 1.51. The van der Waals surface area contributed by atoms with Crippen LogP contribution in [-0.4, -0.2) is 58.1 Å². The lowest BCUT2D eigenvalue weighted by atomic mass is 9.81. The Morgan fingerprint density at radius 2 is 2.03 bits per heavy atom. The van der Waals surface area contributed by atoms with Gasteiger partial charge in [0.15, 0.2) is 0 Å². The van der Waals surface area contributed by atoms with Gasteiger partial charge in [-0.05, 0) is 62.0 Å². The van der Waals surface area contributed by atoms with Gasteiger partial charge in [0.05, 0.1) is 17.9 Å². The Kier molecular flexibility index (Phi) is 6.93. The molecule has 3 aliphatic rings. The zero-order valence-corrected chi connectivity index (χ0v) is 17.8. The van der Waals surface area contributed by atoms with Gasteiger partial charge in [-0.25, -0.2) is 0 Å². The maximum Gasteiger partial charge on any atom is 0.241 e. The lowest BCUT2D eigenvalue weighted by Crippen LogP contribution is -2.51. The van der Waals surface area contributed by atoms with Crippen LogP contribution in [0.5, 0.6) is 0 Å². The highest BCUT2D eigenvalue weighted by Crippen LogP contribution is 2.31. The van der Waals surface area contributed by atoms with E-state index in [1.165, 1.54) is 17.5 Å². The second-order valence-corrected chi connectivity index (χ2v) is 9.79. The fourth-order valence-electron chi connectivity index (χ4n) is 5.15. The number of nitrogens with zero attached hydrogens (tertiary/aromatic N) is 1. The van der Waals surface area contributed by atoms with Gasteiger partial charge >= 0.3 is 0 Å². The molecule has 0 aromatic heterocycles. The van der Waals surface area contributed by atoms with Crippen LogP contribution >= 0.6 is 11.8 Å². The first kappa shape index (κ1) is 20.9. The molecule has 1 aromatic carbocycles. The molecule has 2 saturated heterocycles. The summed E-state index contributed by atoms with van der Waals surface area (Å²) >= 11 is 1.56. The molecule has 0 radical (unpaired) electrons. The van der Waals surface area contributed by atoms with Crippen LogP contribution in [0.3, 0.4) is 0 Å². The highest BCUT2D eigenvalue weighted by Gasteiger charge is 2.42. The number of amides is 1. The number of aliphatic hydroxyl groups is 1. The van der Waals surface area contributed by atoms with Crippen molar-refractivity contribution in [2.45, 2.75) is 68.7 Å². The van der Waals surface area contributed by atoms with Gasteiger partial charge in [0, 0.05) is 18.8 Å². The van der Waals surface area contributed by atoms with Crippen molar-refractivity contribution in [2.24, 2.45) is 5.92 Å². The van der Waals surface area contributed by atoms with E-state index in [1.807, 2.05) is 0 Å². The van der Waals surface area contributed by atoms with Gasteiger partial charge in [-0.15, -0.1) is 11.8 Å². The first-order chi connectivity index (χ1) is 14.2. The molecule has 4 rings (SSSR count). The molecule has 5 nitrogen and oxygen atoms in total. The van der Waals surface area contributed by atoms with Gasteiger partial charge in [-0.1, -0.05) is 24.3 Å². The fraction of sp³-hybridized carbons (Fsp3) is 0.652. The second-order valence-electron chi connectivity index (χ2n) is 8.66. The summed E-state index contributed by atoms with van der Waals surface area (Å²) in [6, 6.07) is 8.20. The molecule has 2 aliphatic heterocycles. The Labute approximate surface area is 177 Å². The summed E-state index contributed by atoms with van der Waals surface area (Å²) in [7, 11) is 0. The van der Waals surface area contributed by atoms with E-state index in [4.69, 9.17) is 0 Å². The summed E-state index contributed by atoms with van der Waals surface area (Å²) in [6.45, 7) is 0.700. The maximum atomic E-state index is 13.0. The number of nitrogens with one attached hydrogen (secondary N) is 1. The molecular weight excluding hydrogens is 384 g/mol. The molecular formula is C23H32N2O3S. The highest BCUT2D eigenvalue weighted by molar-refractivity contribution is 8.00. The number of aliphatic hydroxyl groups excluding tert-OH is 1. The van der Waals surface area contributed by atoms with Crippen LogP contribution in [0, 0.1) is 5.92 Å². The minimum Gasteiger partial charge on any atom is -0.394 e. The molecule has 0 bridgehead atoms. The topological polar surface area (TPSA) is 69.6 Å². The van der Waals surface area contributed by atoms with E-state index < -0.39 is 6.04 Å². The number of likely N-dealkylation sites (tertiary alicyclic amines) is 1. The van der Waals surface area contributed by atoms with Crippen molar-refractivity contribution in [1.82, 2.24) is 10.2 Å². The Balaban J connectivity index is 1.26. The van der Waals surface area contributed by atoms with Gasteiger partial charge in [-0.3, -0.25) is 14.9 Å². The maximum absolute atomic E-state index is 13.0. The molecule has 29 heavy (non-hydrogen) atoms. The molecule has 1 amide bonds. The number of aryl methyl sites for hydroxylation is 1. The number of Topliss-reactive ketones (excluding diaryl/α,β-unsaturated/α-hetero) is 1. The van der Waals surface area contributed by atoms with Gasteiger partial charge in [0.2, 0.25) is 5.91 Å². The number of hydrogen-bond donors (Lipinski definition) is 2. The van der Waals surface area contributed by atoms with E-state index in [0.717, 1.165) is 38.5 Å². The zero-order chi connectivity index (χ0) is 20.2. The van der Waals surface area contributed by atoms with E-state index in [1.54, 1.807) is 16.7 Å². The number of fused-ring (bicyclic) bond motifs is 1. The standard InChI is InChI=1S/C23H32N2O3S/c26-14-19-8-4-12-25(19)23(28)21-22(29-15-24-21)20(27)9-3-5-16-10-11-17-6-1-2-7-18(17)13-16/h1-2,6-7,16,19,21-22,24,26H,3-5,8-15H2/t16-,19-,21-,22?/m0/s1. The third-order valence-corrected chi connectivity index (χ3v) is 8.04. The predicted molar refractivity (Wildman–Crippen MR) is 116 cm³/mol. The van der Waals surface area contributed by atoms with Crippen LogP contribution in [0.2, 0.25) is 0 Å². The first-order valence-electron chi connectivity index (χ1n) is 11.0. The van der Waals surface area contributed by atoms with Crippen molar-refractivity contribution in [1.29, 1.82) is 0 Å². The lowest BCUT2D eigenvalue weighted by molar-refractivity contribution is -0.136. The monoisotopic (exact) mass is 416 g/mol. The largest absolute Gasteiger partial charge is 0.394 e. The number of thioether (sulfide) groups is 1. The van der Waals surface area contributed by atoms with Crippen LogP contribution in [0.1, 0.15) is 49.7 Å². The van der Waals surface area contributed by atoms with E-state index >= 15 is 0 Å². The van der Waals surface area contributed by atoms with Crippen molar-refractivity contribution in [3.63, 3.8) is 0 Å². The second kappa shape index (κ2) is 9.63. The molecule has 1 unspecified atom stereocenters. The van der Waals surface area contributed by atoms with Crippen molar-refractivity contribution in [2.75, 3.05) is 19.0 Å². The Bertz CT molecular complexity index is 741. The van der Waals surface area contributed by atoms with Crippen LogP contribution < -0.4 is 5.32 Å². The Hall–Kier alpha value is -1.37. The normalized spacial score (nSPS) is 29.1. The van der Waals surface area contributed by atoms with Gasteiger partial charge in [0.1, 0.15) is 11.8 Å². The SMILES string of the molecule is O=C(CCC[C@H]1CCc2ccccc2C1)C1SCN[C@@H]1C(=O)N1CCC[C@H]1CO. The molecule has 0 saturated carbocycles. The van der Waals surface area contributed by atoms with E-state index in [9.17, 15) is 14.7 Å². The Morgan fingerprint density at radius 3 is 2.86 bits per heavy atom. The summed E-state index contributed by atoms with van der Waals surface area (Å²) in [6.07, 6.45) is 7.83. The van der Waals surface area contributed by atoms with Crippen molar-refractivity contribution in [3.05, 3.63) is 35.4 Å². The summed E-state index contributed by atoms with van der Waals surface area (Å²) < 4.78 is 0. The van der Waals surface area contributed by atoms with Gasteiger partial charge < -0.3 is 10.0 Å². The third kappa shape index (κ3) is 4.70. The Morgan fingerprint density at radius 1 is 1.21 bits per heavy atom. The molecule has 2 N–H and O–H groups in total. The molecule has 1 aliphatic carbocycles. The molecule has 4 atom stereocenters. The number of carbonyl (C=O) groups excluding carboxylic acids is 2. The van der Waals surface area contributed by atoms with E-state index in [2.05, 4.69) is 29.6 Å². The molecule has 0 spiro atoms. The lowest BCUT2D eigenvalue weighted by Gasteiger charge is -2.28. The molecule has 6 heteroatoms. The smallest absolute Gasteiger partial charge is 0.241 e. The van der Waals surface area contributed by atoms with Crippen molar-refractivity contribution < 1.29 is 14.7 Å². The van der Waals surface area contributed by atoms with Crippen LogP contribution in [0.25, 0.3) is 0 Å². The highest BCUT2D eigenvalue weighted by atomic mass is 32.2. The minimum atomic E-state index is -0.429. The molecule has 2 fully saturated rings. The number of ketones is 1. The molecule has 158 valence electrons. The predicted octanol–water partition coefficient (Wildman–Crippen LogP) is 2.55. The quantitative estimate of drug-likeness (QED) is 0.715. The number of rotatable bonds is 7. The van der Waals surface area contributed by atoms with Crippen LogP contribution in [0.4, 0.5) is 0 Å². The summed E-state index contributed by atoms with van der Waals surface area (Å²) in [5.41, 5.74) is 2.96. The average Bonchev–Trinajstić information content (AvgIpc) is 3.42. The van der Waals surface area contributed by atoms with Gasteiger partial charge in [-0.2, -0.15) is 0 Å². The minimum absolute atomic E-state index is 0.00575. The first-order valence-corrected chi connectivity index (χ1v) is 12.1. The number of carbonyl (C=O) groups is 2. The number of benzene rings is 1. The summed E-state index contributed by atoms with van der Waals surface area (Å²) in [4.78, 5) is 27.6. The number of hydrogen-bond acceptors (Lipinski definition) is 5. The zero-order valence-electron chi connectivity index (χ0n) is 17.0.